The minimum Gasteiger partial charge on any atom is -0.360 e. The van der Waals surface area contributed by atoms with E-state index in [4.69, 9.17) is 0 Å². The lowest BCUT2D eigenvalue weighted by molar-refractivity contribution is -0.137. The zero-order chi connectivity index (χ0) is 17.4. The Morgan fingerprint density at radius 3 is 2.48 bits per heavy atom. The van der Waals surface area contributed by atoms with Crippen molar-refractivity contribution in [2.24, 2.45) is 0 Å². The van der Waals surface area contributed by atoms with Crippen molar-refractivity contribution in [2.75, 3.05) is 5.32 Å². The highest BCUT2D eigenvalue weighted by Crippen LogP contribution is 2.34. The molecule has 0 amide bonds. The number of aromatic amines is 1. The third-order valence-electron chi connectivity index (χ3n) is 3.71. The quantitative estimate of drug-likeness (QED) is 0.511. The molecular weight excluding hydrogens is 349 g/mol. The number of nitrogens with zero attached hydrogens (tertiary/aromatic N) is 2. The number of hydrogen-bond acceptors (Lipinski definition) is 4. The number of fused-ring (bicyclic) bond motifs is 1. The Kier molecular flexibility index (Phi) is 3.69. The van der Waals surface area contributed by atoms with Crippen LogP contribution in [0.1, 0.15) is 5.56 Å². The molecule has 0 saturated heterocycles. The summed E-state index contributed by atoms with van der Waals surface area (Å²) in [5, 5.41) is 13.5. The molecule has 0 aliphatic carbocycles. The van der Waals surface area contributed by atoms with Crippen molar-refractivity contribution in [3.8, 4) is 10.6 Å². The maximum atomic E-state index is 12.6. The number of H-pyrrole nitrogens is 1. The highest BCUT2D eigenvalue weighted by Gasteiger charge is 2.29. The van der Waals surface area contributed by atoms with Crippen LogP contribution in [0.2, 0.25) is 0 Å². The monoisotopic (exact) mass is 360 g/mol. The van der Waals surface area contributed by atoms with E-state index in [1.807, 2.05) is 30.5 Å². The van der Waals surface area contributed by atoms with Crippen molar-refractivity contribution in [2.45, 2.75) is 6.18 Å². The minimum atomic E-state index is -4.34. The largest absolute Gasteiger partial charge is 0.416 e. The molecule has 2 aromatic carbocycles. The number of anilines is 2. The van der Waals surface area contributed by atoms with Crippen LogP contribution in [0.5, 0.6) is 0 Å². The number of aromatic nitrogens is 3. The number of halogens is 3. The lowest BCUT2D eigenvalue weighted by Gasteiger charge is -2.07. The summed E-state index contributed by atoms with van der Waals surface area (Å²) in [5.74, 6) is 0. The van der Waals surface area contributed by atoms with Gasteiger partial charge < -0.3 is 10.3 Å². The van der Waals surface area contributed by atoms with Crippen LogP contribution in [0.3, 0.4) is 0 Å². The van der Waals surface area contributed by atoms with Gasteiger partial charge in [0.1, 0.15) is 0 Å². The number of hydrogen-bond donors (Lipinski definition) is 2. The zero-order valence-electron chi connectivity index (χ0n) is 12.6. The maximum absolute atomic E-state index is 12.6. The normalized spacial score (nSPS) is 11.8. The topological polar surface area (TPSA) is 53.6 Å². The molecule has 0 saturated carbocycles. The molecule has 0 fully saturated rings. The summed E-state index contributed by atoms with van der Waals surface area (Å²) in [6.07, 6.45) is -2.48. The molecule has 0 aliphatic heterocycles. The van der Waals surface area contributed by atoms with Gasteiger partial charge >= 0.3 is 6.18 Å². The molecule has 0 bridgehead atoms. The van der Waals surface area contributed by atoms with E-state index >= 15 is 0 Å². The van der Waals surface area contributed by atoms with Crippen LogP contribution < -0.4 is 5.32 Å². The lowest BCUT2D eigenvalue weighted by Crippen LogP contribution is -2.04. The first-order chi connectivity index (χ1) is 12.0. The molecule has 0 unspecified atom stereocenters. The van der Waals surface area contributed by atoms with Gasteiger partial charge in [-0.3, -0.25) is 0 Å². The van der Waals surface area contributed by atoms with Crippen LogP contribution in [0, 0.1) is 0 Å². The Labute approximate surface area is 144 Å². The summed E-state index contributed by atoms with van der Waals surface area (Å²) in [4.78, 5) is 3.18. The molecule has 8 heteroatoms. The van der Waals surface area contributed by atoms with E-state index in [-0.39, 0.29) is 0 Å². The van der Waals surface area contributed by atoms with Crippen molar-refractivity contribution < 1.29 is 13.2 Å². The third-order valence-corrected chi connectivity index (χ3v) is 4.58. The minimum absolute atomic E-state index is 0.514. The Bertz CT molecular complexity index is 1020. The Morgan fingerprint density at radius 2 is 1.72 bits per heavy atom. The van der Waals surface area contributed by atoms with Crippen LogP contribution in [-0.4, -0.2) is 15.2 Å². The fourth-order valence-electron chi connectivity index (χ4n) is 2.50. The predicted octanol–water partition coefficient (Wildman–Crippen LogP) is 5.45. The number of benzene rings is 2. The number of rotatable bonds is 3. The second kappa shape index (κ2) is 5.89. The molecule has 0 spiro atoms. The van der Waals surface area contributed by atoms with Gasteiger partial charge in [0.05, 0.1) is 5.56 Å². The summed E-state index contributed by atoms with van der Waals surface area (Å²) in [5.41, 5.74) is 1.78. The van der Waals surface area contributed by atoms with Gasteiger partial charge in [0, 0.05) is 28.4 Å². The van der Waals surface area contributed by atoms with Crippen LogP contribution in [0.25, 0.3) is 21.5 Å². The van der Waals surface area contributed by atoms with E-state index in [2.05, 4.69) is 20.5 Å². The van der Waals surface area contributed by atoms with Crippen molar-refractivity contribution in [1.82, 2.24) is 15.2 Å². The smallest absolute Gasteiger partial charge is 0.360 e. The molecule has 4 nitrogen and oxygen atoms in total. The Balaban J connectivity index is 1.57. The highest BCUT2D eigenvalue weighted by molar-refractivity contribution is 7.18. The molecule has 2 aromatic heterocycles. The molecular formula is C17H11F3N4S. The lowest BCUT2D eigenvalue weighted by atomic mass is 10.2. The van der Waals surface area contributed by atoms with Crippen LogP contribution in [-0.2, 0) is 6.18 Å². The standard InChI is InChI=1S/C17H11F3N4S/c18-17(19,20)10-5-7-11(8-6-10)22-16-24-23-15(25-16)13-9-21-14-4-2-1-3-12(13)14/h1-9,21H,(H,22,24). The molecule has 4 rings (SSSR count). The fourth-order valence-corrected chi connectivity index (χ4v) is 3.29. The van der Waals surface area contributed by atoms with Crippen molar-refractivity contribution in [3.63, 3.8) is 0 Å². The van der Waals surface area contributed by atoms with Gasteiger partial charge in [0.15, 0.2) is 5.01 Å². The Hall–Kier alpha value is -2.87. The van der Waals surface area contributed by atoms with Crippen LogP contribution >= 0.6 is 11.3 Å². The van der Waals surface area contributed by atoms with Gasteiger partial charge in [0.25, 0.3) is 0 Å². The molecule has 2 heterocycles. The average molecular weight is 360 g/mol. The first kappa shape index (κ1) is 15.6. The van der Waals surface area contributed by atoms with Crippen molar-refractivity contribution in [1.29, 1.82) is 0 Å². The highest BCUT2D eigenvalue weighted by atomic mass is 32.1. The van der Waals surface area contributed by atoms with E-state index in [1.165, 1.54) is 23.5 Å². The fraction of sp³-hybridized carbons (Fsp3) is 0.0588. The molecule has 0 radical (unpaired) electrons. The van der Waals surface area contributed by atoms with Crippen LogP contribution in [0.15, 0.2) is 54.7 Å². The molecule has 126 valence electrons. The van der Waals surface area contributed by atoms with Gasteiger partial charge in [0.2, 0.25) is 5.13 Å². The zero-order valence-corrected chi connectivity index (χ0v) is 13.4. The predicted molar refractivity (Wildman–Crippen MR) is 91.9 cm³/mol. The van der Waals surface area contributed by atoms with Gasteiger partial charge in [-0.25, -0.2) is 0 Å². The van der Waals surface area contributed by atoms with Gasteiger partial charge in [-0.1, -0.05) is 29.5 Å². The molecule has 0 atom stereocenters. The van der Waals surface area contributed by atoms with Crippen LogP contribution in [0.4, 0.5) is 24.0 Å². The third kappa shape index (κ3) is 3.08. The van der Waals surface area contributed by atoms with Crippen molar-refractivity contribution in [3.05, 3.63) is 60.3 Å². The number of para-hydroxylation sites is 1. The number of nitrogens with one attached hydrogen (secondary N) is 2. The van der Waals surface area contributed by atoms with E-state index in [9.17, 15) is 13.2 Å². The van der Waals surface area contributed by atoms with E-state index in [0.717, 1.165) is 33.6 Å². The molecule has 2 N–H and O–H groups in total. The van der Waals surface area contributed by atoms with Gasteiger partial charge in [-0.2, -0.15) is 13.2 Å². The second-order valence-corrected chi connectivity index (χ2v) is 6.34. The molecule has 4 aromatic rings. The number of alkyl halides is 3. The van der Waals surface area contributed by atoms with E-state index < -0.39 is 11.7 Å². The summed E-state index contributed by atoms with van der Waals surface area (Å²) >= 11 is 1.33. The Morgan fingerprint density at radius 1 is 0.960 bits per heavy atom. The van der Waals surface area contributed by atoms with Gasteiger partial charge in [-0.15, -0.1) is 10.2 Å². The molecule has 25 heavy (non-hydrogen) atoms. The van der Waals surface area contributed by atoms with Gasteiger partial charge in [-0.05, 0) is 30.3 Å². The first-order valence-corrected chi connectivity index (χ1v) is 8.16. The first-order valence-electron chi connectivity index (χ1n) is 7.35. The van der Waals surface area contributed by atoms with E-state index in [0.29, 0.717) is 10.8 Å². The van der Waals surface area contributed by atoms with E-state index in [1.54, 1.807) is 0 Å². The average Bonchev–Trinajstić information content (AvgIpc) is 3.21. The van der Waals surface area contributed by atoms with Crippen molar-refractivity contribution >= 4 is 33.1 Å². The summed E-state index contributed by atoms with van der Waals surface area (Å²) in [6.45, 7) is 0. The summed E-state index contributed by atoms with van der Waals surface area (Å²) < 4.78 is 37.8. The maximum Gasteiger partial charge on any atom is 0.416 e. The SMILES string of the molecule is FC(F)(F)c1ccc(Nc2nnc(-c3c[nH]c4ccccc34)s2)cc1. The molecule has 0 aliphatic rings. The second-order valence-electron chi connectivity index (χ2n) is 5.36. The summed E-state index contributed by atoms with van der Waals surface area (Å²) in [6, 6.07) is 12.7. The summed E-state index contributed by atoms with van der Waals surface area (Å²) in [7, 11) is 0.